The van der Waals surface area contributed by atoms with Crippen molar-refractivity contribution in [2.75, 3.05) is 0 Å². The summed E-state index contributed by atoms with van der Waals surface area (Å²) in [5.41, 5.74) is 1.09. The number of rotatable bonds is 14. The van der Waals surface area contributed by atoms with Crippen molar-refractivity contribution >= 4 is 5.97 Å². The van der Waals surface area contributed by atoms with Crippen LogP contribution in [-0.4, -0.2) is 11.0 Å². The van der Waals surface area contributed by atoms with Crippen molar-refractivity contribution in [1.82, 2.24) is 4.98 Å². The summed E-state index contributed by atoms with van der Waals surface area (Å²) < 4.78 is 5.61. The molecule has 0 unspecified atom stereocenters. The van der Waals surface area contributed by atoms with E-state index < -0.39 is 0 Å². The number of ether oxygens (including phenoxy) is 1. The van der Waals surface area contributed by atoms with Crippen molar-refractivity contribution in [2.24, 2.45) is 11.8 Å². The van der Waals surface area contributed by atoms with Gasteiger partial charge in [0.25, 0.3) is 0 Å². The Morgan fingerprint density at radius 2 is 1.55 bits per heavy atom. The van der Waals surface area contributed by atoms with Gasteiger partial charge in [0.05, 0.1) is 12.1 Å². The van der Waals surface area contributed by atoms with Crippen LogP contribution in [0.3, 0.4) is 0 Å². The van der Waals surface area contributed by atoms with E-state index in [1.807, 2.05) is 12.1 Å². The summed E-state index contributed by atoms with van der Waals surface area (Å²) in [4.78, 5) is 17.0. The van der Waals surface area contributed by atoms with Crippen LogP contribution in [-0.2, 0) is 11.2 Å². The van der Waals surface area contributed by atoms with Crippen molar-refractivity contribution in [3.8, 4) is 5.75 Å². The molecule has 0 spiro atoms. The molecular formula is C26H43NO2. The monoisotopic (exact) mass is 401 g/mol. The maximum atomic E-state index is 12.5. The molecule has 1 saturated carbocycles. The molecule has 29 heavy (non-hydrogen) atoms. The molecule has 1 aromatic rings. The fourth-order valence-corrected chi connectivity index (χ4v) is 4.45. The summed E-state index contributed by atoms with van der Waals surface area (Å²) in [5.74, 6) is 1.43. The number of aromatic nitrogens is 1. The van der Waals surface area contributed by atoms with Crippen LogP contribution in [0, 0.1) is 11.8 Å². The highest BCUT2D eigenvalue weighted by molar-refractivity contribution is 5.75. The lowest BCUT2D eigenvalue weighted by Gasteiger charge is -2.27. The van der Waals surface area contributed by atoms with E-state index in [4.69, 9.17) is 4.74 Å². The number of pyridine rings is 1. The minimum atomic E-state index is -0.0556. The molecule has 0 aromatic carbocycles. The lowest BCUT2D eigenvalue weighted by molar-refractivity contribution is -0.140. The van der Waals surface area contributed by atoms with Crippen molar-refractivity contribution in [3.05, 3.63) is 24.0 Å². The first-order chi connectivity index (χ1) is 14.2. The molecule has 0 aliphatic heterocycles. The van der Waals surface area contributed by atoms with Crippen LogP contribution >= 0.6 is 0 Å². The number of aryl methyl sites for hydroxylation is 1. The largest absolute Gasteiger partial charge is 0.425 e. The van der Waals surface area contributed by atoms with Gasteiger partial charge in [-0.2, -0.15) is 0 Å². The van der Waals surface area contributed by atoms with Gasteiger partial charge in [-0.1, -0.05) is 78.1 Å². The van der Waals surface area contributed by atoms with Gasteiger partial charge in [-0.25, -0.2) is 0 Å². The summed E-state index contributed by atoms with van der Waals surface area (Å²) in [6, 6.07) is 3.90. The van der Waals surface area contributed by atoms with Gasteiger partial charge in [-0.05, 0) is 56.6 Å². The maximum Gasteiger partial charge on any atom is 0.314 e. The molecule has 0 N–H and O–H groups in total. The van der Waals surface area contributed by atoms with Gasteiger partial charge in [-0.3, -0.25) is 9.78 Å². The smallest absolute Gasteiger partial charge is 0.314 e. The summed E-state index contributed by atoms with van der Waals surface area (Å²) in [5, 5.41) is 0. The van der Waals surface area contributed by atoms with Gasteiger partial charge in [-0.15, -0.1) is 0 Å². The van der Waals surface area contributed by atoms with E-state index in [1.54, 1.807) is 6.20 Å². The Bertz CT molecular complexity index is 546. The molecule has 3 heteroatoms. The van der Waals surface area contributed by atoms with Gasteiger partial charge in [0, 0.05) is 5.69 Å². The third-order valence-electron chi connectivity index (χ3n) is 6.45. The van der Waals surface area contributed by atoms with E-state index in [0.29, 0.717) is 5.75 Å². The summed E-state index contributed by atoms with van der Waals surface area (Å²) >= 11 is 0. The lowest BCUT2D eigenvalue weighted by Crippen LogP contribution is -2.25. The molecule has 0 bridgehead atoms. The van der Waals surface area contributed by atoms with Crippen LogP contribution < -0.4 is 4.74 Å². The van der Waals surface area contributed by atoms with Gasteiger partial charge in [0.1, 0.15) is 5.75 Å². The highest BCUT2D eigenvalue weighted by Crippen LogP contribution is 2.33. The van der Waals surface area contributed by atoms with Crippen LogP contribution in [0.4, 0.5) is 0 Å². The second kappa shape index (κ2) is 14.6. The van der Waals surface area contributed by atoms with Crippen LogP contribution in [0.1, 0.15) is 116 Å². The summed E-state index contributed by atoms with van der Waals surface area (Å²) in [6.45, 7) is 4.48. The molecular weight excluding hydrogens is 358 g/mol. The van der Waals surface area contributed by atoms with Gasteiger partial charge in [0.15, 0.2) is 0 Å². The number of carbonyl (C=O) groups excluding carboxylic acids is 1. The molecule has 1 aliphatic carbocycles. The van der Waals surface area contributed by atoms with Gasteiger partial charge in [0.2, 0.25) is 0 Å². The predicted octanol–water partition coefficient (Wildman–Crippen LogP) is 7.67. The summed E-state index contributed by atoms with van der Waals surface area (Å²) in [7, 11) is 0. The third-order valence-corrected chi connectivity index (χ3v) is 6.45. The number of hydrogen-bond donors (Lipinski definition) is 0. The van der Waals surface area contributed by atoms with Crippen molar-refractivity contribution < 1.29 is 9.53 Å². The topological polar surface area (TPSA) is 39.2 Å². The first kappa shape index (κ1) is 23.9. The van der Waals surface area contributed by atoms with E-state index >= 15 is 0 Å². The maximum absolute atomic E-state index is 12.5. The molecule has 0 amide bonds. The van der Waals surface area contributed by atoms with Crippen molar-refractivity contribution in [1.29, 1.82) is 0 Å². The molecule has 1 aliphatic rings. The Morgan fingerprint density at radius 1 is 0.897 bits per heavy atom. The van der Waals surface area contributed by atoms with E-state index in [-0.39, 0.29) is 11.9 Å². The average molecular weight is 402 g/mol. The van der Waals surface area contributed by atoms with Crippen LogP contribution in [0.15, 0.2) is 18.3 Å². The first-order valence-corrected chi connectivity index (χ1v) is 12.4. The second-order valence-electron chi connectivity index (χ2n) is 8.99. The van der Waals surface area contributed by atoms with E-state index in [0.717, 1.165) is 30.9 Å². The predicted molar refractivity (Wildman–Crippen MR) is 121 cm³/mol. The Labute approximate surface area is 179 Å². The quantitative estimate of drug-likeness (QED) is 0.237. The third kappa shape index (κ3) is 9.78. The first-order valence-electron chi connectivity index (χ1n) is 12.4. The Kier molecular flexibility index (Phi) is 12.0. The molecule has 0 radical (unpaired) electrons. The Morgan fingerprint density at radius 3 is 2.21 bits per heavy atom. The number of unbranched alkanes of at least 4 members (excludes halogenated alkanes) is 8. The van der Waals surface area contributed by atoms with E-state index in [9.17, 15) is 4.79 Å². The fraction of sp³-hybridized carbons (Fsp3) is 0.769. The molecule has 1 heterocycles. The molecule has 1 fully saturated rings. The van der Waals surface area contributed by atoms with E-state index in [2.05, 4.69) is 18.8 Å². The number of esters is 1. The summed E-state index contributed by atoms with van der Waals surface area (Å²) in [6.07, 6.45) is 21.7. The van der Waals surface area contributed by atoms with Crippen LogP contribution in [0.2, 0.25) is 0 Å². The standard InChI is InChI=1S/C26H43NO2/c1-3-5-7-8-9-10-12-13-22-15-17-23(18-16-22)26(28)29-25-20-19-24(27-21-25)14-11-6-4-2/h19-23H,3-18H2,1-2H3. The SMILES string of the molecule is CCCCCCCCCC1CCC(C(=O)Oc2ccc(CCCCC)nc2)CC1. The molecule has 1 aromatic heterocycles. The highest BCUT2D eigenvalue weighted by Gasteiger charge is 2.27. The Balaban J connectivity index is 1.59. The minimum Gasteiger partial charge on any atom is -0.425 e. The molecule has 2 rings (SSSR count). The molecule has 3 nitrogen and oxygen atoms in total. The minimum absolute atomic E-state index is 0.0556. The van der Waals surface area contributed by atoms with Gasteiger partial charge >= 0.3 is 5.97 Å². The number of carbonyl (C=O) groups is 1. The zero-order valence-electron chi connectivity index (χ0n) is 19.0. The van der Waals surface area contributed by atoms with E-state index in [1.165, 1.54) is 83.5 Å². The molecule has 164 valence electrons. The average Bonchev–Trinajstić information content (AvgIpc) is 2.75. The fourth-order valence-electron chi connectivity index (χ4n) is 4.45. The van der Waals surface area contributed by atoms with Gasteiger partial charge < -0.3 is 4.74 Å². The van der Waals surface area contributed by atoms with Crippen LogP contribution in [0.25, 0.3) is 0 Å². The van der Waals surface area contributed by atoms with Crippen molar-refractivity contribution in [2.45, 2.75) is 117 Å². The second-order valence-corrected chi connectivity index (χ2v) is 8.99. The Hall–Kier alpha value is -1.38. The highest BCUT2D eigenvalue weighted by atomic mass is 16.5. The van der Waals surface area contributed by atoms with Crippen molar-refractivity contribution in [3.63, 3.8) is 0 Å². The van der Waals surface area contributed by atoms with Crippen LogP contribution in [0.5, 0.6) is 5.75 Å². The number of hydrogen-bond acceptors (Lipinski definition) is 3. The molecule has 0 saturated heterocycles. The molecule has 0 atom stereocenters. The zero-order chi connectivity index (χ0) is 20.7. The number of nitrogens with zero attached hydrogens (tertiary/aromatic N) is 1. The zero-order valence-corrected chi connectivity index (χ0v) is 19.0. The lowest BCUT2D eigenvalue weighted by atomic mass is 9.80. The normalized spacial score (nSPS) is 19.2.